The minimum absolute atomic E-state index is 0.0287. The van der Waals surface area contributed by atoms with E-state index in [0.29, 0.717) is 16.0 Å². The van der Waals surface area contributed by atoms with E-state index < -0.39 is 57.2 Å². The number of nitrogens with zero attached hydrogens (tertiary/aromatic N) is 5. The molecule has 0 saturated carbocycles. The van der Waals surface area contributed by atoms with E-state index >= 15 is 0 Å². The van der Waals surface area contributed by atoms with Crippen molar-refractivity contribution in [3.8, 4) is 0 Å². The Labute approximate surface area is 284 Å². The van der Waals surface area contributed by atoms with Gasteiger partial charge in [-0.2, -0.15) is 0 Å². The number of non-ortho nitro benzene ring substituents is 2. The fraction of sp³-hybridized carbons (Fsp3) is 0.438. The van der Waals surface area contributed by atoms with E-state index in [9.17, 15) is 44.5 Å². The van der Waals surface area contributed by atoms with Crippen molar-refractivity contribution >= 4 is 47.0 Å². The molecule has 3 heterocycles. The van der Waals surface area contributed by atoms with Crippen LogP contribution in [-0.4, -0.2) is 97.6 Å². The van der Waals surface area contributed by atoms with E-state index in [-0.39, 0.29) is 55.1 Å². The number of rotatable bonds is 11. The second kappa shape index (κ2) is 14.2. The molecule has 3 unspecified atom stereocenters. The highest BCUT2D eigenvalue weighted by Crippen LogP contribution is 2.52. The third-order valence-electron chi connectivity index (χ3n) is 8.85. The predicted molar refractivity (Wildman–Crippen MR) is 173 cm³/mol. The van der Waals surface area contributed by atoms with Gasteiger partial charge in [-0.3, -0.25) is 34.7 Å². The molecule has 0 radical (unpaired) electrons. The van der Waals surface area contributed by atoms with Crippen LogP contribution in [0.15, 0.2) is 59.1 Å². The first-order valence-corrected chi connectivity index (χ1v) is 16.3. The molecule has 0 spiro atoms. The van der Waals surface area contributed by atoms with E-state index in [1.807, 2.05) is 6.92 Å². The maximum absolute atomic E-state index is 13.6. The molecule has 1 N–H and O–H groups in total. The van der Waals surface area contributed by atoms with Crippen molar-refractivity contribution in [2.75, 3.05) is 20.6 Å². The zero-order chi connectivity index (χ0) is 35.7. The summed E-state index contributed by atoms with van der Waals surface area (Å²) in [5.41, 5.74) is 0.814. The molecular formula is C32H35N5O11S. The van der Waals surface area contributed by atoms with Crippen LogP contribution in [0.1, 0.15) is 31.4 Å². The highest BCUT2D eigenvalue weighted by atomic mass is 32.2. The monoisotopic (exact) mass is 697 g/mol. The Morgan fingerprint density at radius 3 is 2.00 bits per heavy atom. The lowest BCUT2D eigenvalue weighted by atomic mass is 9.79. The van der Waals surface area contributed by atoms with Gasteiger partial charge in [0.1, 0.15) is 25.0 Å². The number of amides is 3. The second-order valence-electron chi connectivity index (χ2n) is 12.3. The number of hydrogen-bond donors (Lipinski definition) is 1. The Bertz CT molecular complexity index is 1700. The molecule has 0 aliphatic carbocycles. The van der Waals surface area contributed by atoms with Gasteiger partial charge < -0.3 is 24.4 Å². The summed E-state index contributed by atoms with van der Waals surface area (Å²) in [6.45, 7) is 3.04. The van der Waals surface area contributed by atoms with Gasteiger partial charge in [-0.05, 0) is 48.7 Å². The maximum atomic E-state index is 13.6. The molecule has 2 saturated heterocycles. The summed E-state index contributed by atoms with van der Waals surface area (Å²) < 4.78 is 11.1. The topological polar surface area (TPSA) is 203 Å². The van der Waals surface area contributed by atoms with Crippen molar-refractivity contribution in [3.63, 3.8) is 0 Å². The number of hydrogen-bond acceptors (Lipinski definition) is 12. The Morgan fingerprint density at radius 1 is 0.980 bits per heavy atom. The van der Waals surface area contributed by atoms with Gasteiger partial charge in [0.15, 0.2) is 0 Å². The predicted octanol–water partition coefficient (Wildman–Crippen LogP) is 3.22. The number of aliphatic hydroxyl groups excluding tert-OH is 1. The van der Waals surface area contributed by atoms with E-state index in [0.717, 1.165) is 0 Å². The lowest BCUT2D eigenvalue weighted by molar-refractivity contribution is -0.385. The maximum Gasteiger partial charge on any atom is 0.410 e. The van der Waals surface area contributed by atoms with Crippen LogP contribution >= 0.6 is 11.8 Å². The standard InChI is InChI=1S/C32H35N5O11S/c1-17-26-25(18(2)38)30(40)35(26)27(31(41)47-15-19-5-9-21(10-6-19)36(43)44)28(17)49-23-13-24(29(39)33(3)4)34(14-23)32(42)48-16-20-7-11-22(12-8-20)37(45)46/h5-12,17-18,23-26,38H,13-16H2,1-4H3/t17-,18-,23+,24?,25?,26?/m1/s1. The summed E-state index contributed by atoms with van der Waals surface area (Å²) in [5.74, 6) is -2.66. The first-order valence-electron chi connectivity index (χ1n) is 15.4. The number of thioether (sulfide) groups is 1. The van der Waals surface area contributed by atoms with Crippen LogP contribution < -0.4 is 0 Å². The lowest BCUT2D eigenvalue weighted by Crippen LogP contribution is -2.63. The van der Waals surface area contributed by atoms with Gasteiger partial charge in [0.05, 0.1) is 27.9 Å². The summed E-state index contributed by atoms with van der Waals surface area (Å²) in [6.07, 6.45) is -1.51. The highest BCUT2D eigenvalue weighted by molar-refractivity contribution is 8.03. The van der Waals surface area contributed by atoms with Gasteiger partial charge in [0, 0.05) is 61.0 Å². The van der Waals surface area contributed by atoms with E-state index in [1.165, 1.54) is 81.9 Å². The number of nitro groups is 2. The Balaban J connectivity index is 1.35. The molecule has 260 valence electrons. The van der Waals surface area contributed by atoms with Gasteiger partial charge in [-0.25, -0.2) is 9.59 Å². The number of likely N-dealkylation sites (tertiary alicyclic amines) is 1. The van der Waals surface area contributed by atoms with Gasteiger partial charge in [-0.15, -0.1) is 11.8 Å². The fourth-order valence-corrected chi connectivity index (χ4v) is 7.86. The smallest absolute Gasteiger partial charge is 0.410 e. The van der Waals surface area contributed by atoms with Crippen LogP contribution in [0.25, 0.3) is 0 Å². The molecule has 6 atom stereocenters. The molecule has 3 aliphatic heterocycles. The molecule has 2 aromatic rings. The number of esters is 1. The van der Waals surface area contributed by atoms with Crippen LogP contribution in [0.2, 0.25) is 0 Å². The molecule has 0 bridgehead atoms. The average Bonchev–Trinajstić information content (AvgIpc) is 3.59. The van der Waals surface area contributed by atoms with Gasteiger partial charge in [0.25, 0.3) is 11.4 Å². The van der Waals surface area contributed by atoms with Crippen molar-refractivity contribution in [2.45, 2.75) is 56.9 Å². The normalized spacial score (nSPS) is 23.4. The van der Waals surface area contributed by atoms with Crippen molar-refractivity contribution < 1.29 is 43.6 Å². The number of benzene rings is 2. The minimum atomic E-state index is -0.965. The molecule has 0 aromatic heterocycles. The Morgan fingerprint density at radius 2 is 1.51 bits per heavy atom. The molecule has 49 heavy (non-hydrogen) atoms. The third-order valence-corrected chi connectivity index (χ3v) is 10.3. The third kappa shape index (κ3) is 7.07. The number of nitro benzene ring substituents is 2. The summed E-state index contributed by atoms with van der Waals surface area (Å²) in [5, 5.41) is 31.9. The number of β-lactam (4-membered cyclic amide) rings is 1. The molecule has 3 aliphatic rings. The number of fused-ring (bicyclic) bond motifs is 1. The first-order chi connectivity index (χ1) is 23.2. The Hall–Kier alpha value is -5.03. The van der Waals surface area contributed by atoms with Crippen molar-refractivity contribution in [2.24, 2.45) is 11.8 Å². The number of ether oxygens (including phenoxy) is 2. The molecule has 2 aromatic carbocycles. The minimum Gasteiger partial charge on any atom is -0.456 e. The summed E-state index contributed by atoms with van der Waals surface area (Å²) in [7, 11) is 3.13. The van der Waals surface area contributed by atoms with Gasteiger partial charge in [0.2, 0.25) is 11.8 Å². The van der Waals surface area contributed by atoms with Crippen molar-refractivity contribution in [3.05, 3.63) is 90.5 Å². The molecule has 2 fully saturated rings. The van der Waals surface area contributed by atoms with Gasteiger partial charge >= 0.3 is 12.1 Å². The van der Waals surface area contributed by atoms with Crippen LogP contribution in [0.5, 0.6) is 0 Å². The summed E-state index contributed by atoms with van der Waals surface area (Å²) >= 11 is 1.27. The van der Waals surface area contributed by atoms with Crippen LogP contribution in [0.4, 0.5) is 16.2 Å². The Kier molecular flexibility index (Phi) is 10.2. The average molecular weight is 698 g/mol. The molecule has 17 heteroatoms. The zero-order valence-corrected chi connectivity index (χ0v) is 27.9. The van der Waals surface area contributed by atoms with E-state index in [4.69, 9.17) is 9.47 Å². The summed E-state index contributed by atoms with van der Waals surface area (Å²) in [6, 6.07) is 9.66. The molecule has 16 nitrogen and oxygen atoms in total. The van der Waals surface area contributed by atoms with Crippen LogP contribution in [0, 0.1) is 32.1 Å². The number of carbonyl (C=O) groups is 4. The van der Waals surface area contributed by atoms with Crippen molar-refractivity contribution in [1.82, 2.24) is 14.7 Å². The number of carbonyl (C=O) groups excluding carboxylic acids is 4. The van der Waals surface area contributed by atoms with E-state index in [2.05, 4.69) is 0 Å². The molecular weight excluding hydrogens is 662 g/mol. The largest absolute Gasteiger partial charge is 0.456 e. The SMILES string of the molecule is C[C@@H](O)C1C(=O)N2C(C(=O)OCc3ccc([N+](=O)[O-])cc3)=C(S[C@H]3CC(C(=O)N(C)C)N(C(=O)OCc4ccc([N+](=O)[O-])cc4)C3)[C@H](C)C12. The van der Waals surface area contributed by atoms with Gasteiger partial charge in [-0.1, -0.05) is 6.92 Å². The first kappa shape index (κ1) is 35.3. The summed E-state index contributed by atoms with van der Waals surface area (Å²) in [4.78, 5) is 78.8. The fourth-order valence-electron chi connectivity index (χ4n) is 6.34. The quantitative estimate of drug-likeness (QED) is 0.156. The van der Waals surface area contributed by atoms with Crippen LogP contribution in [0.3, 0.4) is 0 Å². The lowest BCUT2D eigenvalue weighted by Gasteiger charge is -2.46. The zero-order valence-electron chi connectivity index (χ0n) is 27.1. The molecule has 3 amide bonds. The molecule has 5 rings (SSSR count). The van der Waals surface area contributed by atoms with Crippen LogP contribution in [-0.2, 0) is 37.1 Å². The number of aliphatic hydroxyl groups is 1. The van der Waals surface area contributed by atoms with Crippen molar-refractivity contribution in [1.29, 1.82) is 0 Å². The highest BCUT2D eigenvalue weighted by Gasteiger charge is 2.60. The van der Waals surface area contributed by atoms with E-state index in [1.54, 1.807) is 14.1 Å². The second-order valence-corrected chi connectivity index (χ2v) is 13.7. The number of likely N-dealkylation sites (N-methyl/N-ethyl adjacent to an activating group) is 1.